The summed E-state index contributed by atoms with van der Waals surface area (Å²) in [5.41, 5.74) is 0.374. The molecule has 1 heterocycles. The summed E-state index contributed by atoms with van der Waals surface area (Å²) in [5.74, 6) is 0.991. The number of nitrogens with zero attached hydrogens (tertiary/aromatic N) is 2. The molecule has 0 radical (unpaired) electrons. The molecule has 0 aliphatic carbocycles. The number of halogens is 1. The van der Waals surface area contributed by atoms with E-state index in [1.165, 1.54) is 12.1 Å². The molecule has 0 bridgehead atoms. The molecule has 0 aliphatic rings. The highest BCUT2D eigenvalue weighted by Gasteiger charge is 2.15. The highest BCUT2D eigenvalue weighted by molar-refractivity contribution is 6.32. The molecule has 0 saturated heterocycles. The van der Waals surface area contributed by atoms with Crippen molar-refractivity contribution < 1.29 is 9.34 Å². The van der Waals surface area contributed by atoms with E-state index in [0.29, 0.717) is 17.2 Å². The molecule has 0 spiro atoms. The predicted molar refractivity (Wildman–Crippen MR) is 58.3 cm³/mol. The number of hydrogen-bond acceptors (Lipinski definition) is 4. The first-order valence-electron chi connectivity index (χ1n) is 4.44. The van der Waals surface area contributed by atoms with Gasteiger partial charge in [-0.25, -0.2) is 4.98 Å². The number of benzene rings is 1. The third-order valence-electron chi connectivity index (χ3n) is 2.01. The van der Waals surface area contributed by atoms with Crippen molar-refractivity contribution in [3.63, 3.8) is 0 Å². The average Bonchev–Trinajstić information content (AvgIpc) is 2.65. The molecule has 0 atom stereocenters. The second-order valence-corrected chi connectivity index (χ2v) is 3.61. The molecular formula is C10H7ClN2O3. The number of aryl methyl sites for hydroxylation is 1. The van der Waals surface area contributed by atoms with E-state index in [2.05, 4.69) is 4.98 Å². The Labute approximate surface area is 95.8 Å². The summed E-state index contributed by atoms with van der Waals surface area (Å²) in [4.78, 5) is 14.1. The zero-order chi connectivity index (χ0) is 11.7. The van der Waals surface area contributed by atoms with E-state index in [1.807, 2.05) is 0 Å². The number of nitro groups is 1. The van der Waals surface area contributed by atoms with Gasteiger partial charge in [0.1, 0.15) is 10.8 Å². The van der Waals surface area contributed by atoms with Gasteiger partial charge in [-0.3, -0.25) is 10.1 Å². The third kappa shape index (κ3) is 1.90. The van der Waals surface area contributed by atoms with Crippen molar-refractivity contribution in [3.8, 4) is 11.5 Å². The molecule has 1 aromatic heterocycles. The highest BCUT2D eigenvalue weighted by Crippen LogP contribution is 2.29. The van der Waals surface area contributed by atoms with Crippen LogP contribution in [0.2, 0.25) is 5.02 Å². The van der Waals surface area contributed by atoms with E-state index in [0.717, 1.165) is 0 Å². The number of hydrogen-bond donors (Lipinski definition) is 0. The summed E-state index contributed by atoms with van der Waals surface area (Å²) in [6.07, 6.45) is 1.55. The van der Waals surface area contributed by atoms with Crippen molar-refractivity contribution in [2.24, 2.45) is 0 Å². The summed E-state index contributed by atoms with van der Waals surface area (Å²) in [6.45, 7) is 1.75. The third-order valence-corrected chi connectivity index (χ3v) is 2.33. The topological polar surface area (TPSA) is 69.2 Å². The largest absolute Gasteiger partial charge is 0.441 e. The molecule has 2 rings (SSSR count). The highest BCUT2D eigenvalue weighted by atomic mass is 35.5. The van der Waals surface area contributed by atoms with E-state index >= 15 is 0 Å². The summed E-state index contributed by atoms with van der Waals surface area (Å²) >= 11 is 5.69. The van der Waals surface area contributed by atoms with Crippen LogP contribution in [0.25, 0.3) is 11.5 Å². The van der Waals surface area contributed by atoms with Crippen LogP contribution in [0.3, 0.4) is 0 Å². The molecule has 0 fully saturated rings. The first-order valence-corrected chi connectivity index (χ1v) is 4.82. The normalized spacial score (nSPS) is 10.4. The van der Waals surface area contributed by atoms with Gasteiger partial charge in [-0.05, 0) is 19.1 Å². The van der Waals surface area contributed by atoms with E-state index in [-0.39, 0.29) is 10.7 Å². The molecule has 16 heavy (non-hydrogen) atoms. The summed E-state index contributed by atoms with van der Waals surface area (Å²) < 4.78 is 5.27. The number of oxazole rings is 1. The first-order chi connectivity index (χ1) is 7.58. The summed E-state index contributed by atoms with van der Waals surface area (Å²) in [5, 5.41) is 10.8. The van der Waals surface area contributed by atoms with E-state index < -0.39 is 4.92 Å². The Balaban J connectivity index is 2.51. The maximum atomic E-state index is 10.7. The van der Waals surface area contributed by atoms with Gasteiger partial charge in [0.15, 0.2) is 0 Å². The Kier molecular flexibility index (Phi) is 2.62. The lowest BCUT2D eigenvalue weighted by molar-refractivity contribution is -0.384. The van der Waals surface area contributed by atoms with Crippen LogP contribution >= 0.6 is 11.6 Å². The lowest BCUT2D eigenvalue weighted by atomic mass is 10.2. The number of nitro benzene ring substituents is 1. The predicted octanol–water partition coefficient (Wildman–Crippen LogP) is 3.21. The smallest absolute Gasteiger partial charge is 0.288 e. The van der Waals surface area contributed by atoms with Gasteiger partial charge in [0, 0.05) is 11.6 Å². The minimum atomic E-state index is -0.540. The Morgan fingerprint density at radius 2 is 2.25 bits per heavy atom. The van der Waals surface area contributed by atoms with E-state index in [1.54, 1.807) is 19.2 Å². The molecule has 6 heteroatoms. The Hall–Kier alpha value is -1.88. The van der Waals surface area contributed by atoms with Gasteiger partial charge < -0.3 is 4.42 Å². The Morgan fingerprint density at radius 1 is 1.50 bits per heavy atom. The van der Waals surface area contributed by atoms with Crippen molar-refractivity contribution in [1.82, 2.24) is 4.98 Å². The van der Waals surface area contributed by atoms with E-state index in [9.17, 15) is 10.1 Å². The minimum Gasteiger partial charge on any atom is -0.441 e. The van der Waals surface area contributed by atoms with Gasteiger partial charge in [-0.1, -0.05) is 11.6 Å². The van der Waals surface area contributed by atoms with Crippen LogP contribution in [0.1, 0.15) is 5.76 Å². The molecule has 0 saturated carbocycles. The molecular weight excluding hydrogens is 232 g/mol. The fourth-order valence-electron chi connectivity index (χ4n) is 1.27. The van der Waals surface area contributed by atoms with Crippen LogP contribution < -0.4 is 0 Å². The molecule has 82 valence electrons. The second kappa shape index (κ2) is 3.94. The molecule has 2 aromatic rings. The lowest BCUT2D eigenvalue weighted by Crippen LogP contribution is -1.89. The van der Waals surface area contributed by atoms with Crippen molar-refractivity contribution in [2.75, 3.05) is 0 Å². The zero-order valence-corrected chi connectivity index (χ0v) is 9.06. The fourth-order valence-corrected chi connectivity index (χ4v) is 1.46. The first kappa shape index (κ1) is 10.6. The molecule has 0 amide bonds. The number of rotatable bonds is 2. The zero-order valence-electron chi connectivity index (χ0n) is 8.31. The summed E-state index contributed by atoms with van der Waals surface area (Å²) in [7, 11) is 0. The van der Waals surface area contributed by atoms with Crippen LogP contribution in [0, 0.1) is 17.0 Å². The SMILES string of the molecule is Cc1cnc(-c2ccc(Cl)c([N+](=O)[O-])c2)o1. The number of aromatic nitrogens is 1. The minimum absolute atomic E-state index is 0.0945. The van der Waals surface area contributed by atoms with E-state index in [4.69, 9.17) is 16.0 Å². The van der Waals surface area contributed by atoms with Crippen molar-refractivity contribution in [1.29, 1.82) is 0 Å². The van der Waals surface area contributed by atoms with Gasteiger partial charge in [-0.2, -0.15) is 0 Å². The van der Waals surface area contributed by atoms with Gasteiger partial charge in [0.2, 0.25) is 5.89 Å². The molecule has 0 unspecified atom stereocenters. The lowest BCUT2D eigenvalue weighted by Gasteiger charge is -1.98. The monoisotopic (exact) mass is 238 g/mol. The molecule has 0 aliphatic heterocycles. The van der Waals surface area contributed by atoms with Crippen LogP contribution in [-0.2, 0) is 0 Å². The second-order valence-electron chi connectivity index (χ2n) is 3.20. The molecule has 0 N–H and O–H groups in total. The van der Waals surface area contributed by atoms with Gasteiger partial charge in [-0.15, -0.1) is 0 Å². The fraction of sp³-hybridized carbons (Fsp3) is 0.100. The Morgan fingerprint density at radius 3 is 2.81 bits per heavy atom. The molecule has 5 nitrogen and oxygen atoms in total. The quantitative estimate of drug-likeness (QED) is 0.595. The Bertz CT molecular complexity index is 551. The van der Waals surface area contributed by atoms with Gasteiger partial charge >= 0.3 is 0 Å². The van der Waals surface area contributed by atoms with Crippen LogP contribution in [0.4, 0.5) is 5.69 Å². The van der Waals surface area contributed by atoms with Gasteiger partial charge in [0.25, 0.3) is 5.69 Å². The van der Waals surface area contributed by atoms with Crippen LogP contribution in [0.15, 0.2) is 28.8 Å². The summed E-state index contributed by atoms with van der Waals surface area (Å²) in [6, 6.07) is 4.42. The average molecular weight is 239 g/mol. The van der Waals surface area contributed by atoms with Crippen LogP contribution in [-0.4, -0.2) is 9.91 Å². The molecule has 1 aromatic carbocycles. The van der Waals surface area contributed by atoms with Crippen molar-refractivity contribution in [3.05, 3.63) is 45.3 Å². The standard InChI is InChI=1S/C10H7ClN2O3/c1-6-5-12-10(16-6)7-2-3-8(11)9(4-7)13(14)15/h2-5H,1H3. The maximum absolute atomic E-state index is 10.7. The maximum Gasteiger partial charge on any atom is 0.288 e. The van der Waals surface area contributed by atoms with Crippen molar-refractivity contribution >= 4 is 17.3 Å². The van der Waals surface area contributed by atoms with Crippen molar-refractivity contribution in [2.45, 2.75) is 6.92 Å². The van der Waals surface area contributed by atoms with Gasteiger partial charge in [0.05, 0.1) is 11.1 Å². The van der Waals surface area contributed by atoms with Crippen LogP contribution in [0.5, 0.6) is 0 Å².